The van der Waals surface area contributed by atoms with E-state index in [4.69, 9.17) is 5.26 Å². The molecule has 4 nitrogen and oxygen atoms in total. The third kappa shape index (κ3) is 3.21. The number of pyridine rings is 1. The lowest BCUT2D eigenvalue weighted by Gasteiger charge is -2.34. The maximum atomic E-state index is 8.94. The molecule has 0 bridgehead atoms. The van der Waals surface area contributed by atoms with Crippen LogP contribution in [0.3, 0.4) is 0 Å². The van der Waals surface area contributed by atoms with Crippen molar-refractivity contribution in [3.05, 3.63) is 23.4 Å². The predicted molar refractivity (Wildman–Crippen MR) is 72.4 cm³/mol. The number of nitrogens with one attached hydrogen (secondary N) is 2. The molecular formula is C14H20N4. The zero-order valence-electron chi connectivity index (χ0n) is 11.1. The van der Waals surface area contributed by atoms with Crippen molar-refractivity contribution in [3.63, 3.8) is 0 Å². The van der Waals surface area contributed by atoms with E-state index < -0.39 is 0 Å². The summed E-state index contributed by atoms with van der Waals surface area (Å²) in [7, 11) is 0. The van der Waals surface area contributed by atoms with Crippen molar-refractivity contribution in [2.45, 2.75) is 26.7 Å². The first kappa shape index (κ1) is 12.8. The number of rotatable bonds is 3. The first-order chi connectivity index (χ1) is 8.61. The van der Waals surface area contributed by atoms with E-state index in [-0.39, 0.29) is 5.41 Å². The van der Waals surface area contributed by atoms with Crippen LogP contribution in [0.1, 0.15) is 31.0 Å². The fraction of sp³-hybridized carbons (Fsp3) is 0.571. The highest BCUT2D eigenvalue weighted by molar-refractivity contribution is 5.44. The van der Waals surface area contributed by atoms with Gasteiger partial charge in [-0.1, -0.05) is 6.92 Å². The Bertz CT molecular complexity index is 455. The minimum absolute atomic E-state index is 0.274. The molecule has 0 radical (unpaired) electrons. The Hall–Kier alpha value is -1.60. The lowest BCUT2D eigenvalue weighted by atomic mass is 9.83. The lowest BCUT2D eigenvalue weighted by molar-refractivity contribution is 0.253. The van der Waals surface area contributed by atoms with Gasteiger partial charge in [0.25, 0.3) is 0 Å². The number of nitrogens with zero attached hydrogens (tertiary/aromatic N) is 2. The standard InChI is InChI=1S/C14H20N4/c1-11-6-12(8-15)7-13(18-11)17-10-14(2)4-3-5-16-9-14/h6-7,16H,3-5,9-10H2,1-2H3,(H,17,18). The summed E-state index contributed by atoms with van der Waals surface area (Å²) < 4.78 is 0. The maximum Gasteiger partial charge on any atom is 0.127 e. The van der Waals surface area contributed by atoms with Crippen molar-refractivity contribution in [1.82, 2.24) is 10.3 Å². The molecule has 0 spiro atoms. The van der Waals surface area contributed by atoms with E-state index in [0.29, 0.717) is 5.56 Å². The second-order valence-corrected chi connectivity index (χ2v) is 5.44. The number of nitriles is 1. The van der Waals surface area contributed by atoms with Crippen LogP contribution in [0.25, 0.3) is 0 Å². The topological polar surface area (TPSA) is 60.7 Å². The second kappa shape index (κ2) is 5.36. The fourth-order valence-electron chi connectivity index (χ4n) is 2.40. The number of anilines is 1. The van der Waals surface area contributed by atoms with Crippen molar-refractivity contribution in [2.75, 3.05) is 25.0 Å². The van der Waals surface area contributed by atoms with Gasteiger partial charge in [-0.3, -0.25) is 0 Å². The summed E-state index contributed by atoms with van der Waals surface area (Å²) in [5.74, 6) is 0.804. The van der Waals surface area contributed by atoms with Crippen LogP contribution in [0.15, 0.2) is 12.1 Å². The molecule has 1 atom stereocenters. The molecule has 1 aliphatic heterocycles. The SMILES string of the molecule is Cc1cc(C#N)cc(NCC2(C)CCCNC2)n1. The molecule has 2 N–H and O–H groups in total. The van der Waals surface area contributed by atoms with Gasteiger partial charge >= 0.3 is 0 Å². The van der Waals surface area contributed by atoms with Gasteiger partial charge in [-0.25, -0.2) is 4.98 Å². The lowest BCUT2D eigenvalue weighted by Crippen LogP contribution is -2.42. The van der Waals surface area contributed by atoms with Crippen LogP contribution < -0.4 is 10.6 Å². The third-order valence-corrected chi connectivity index (χ3v) is 3.46. The van der Waals surface area contributed by atoms with Crippen molar-refractivity contribution in [3.8, 4) is 6.07 Å². The van der Waals surface area contributed by atoms with Crippen LogP contribution in [-0.4, -0.2) is 24.6 Å². The average Bonchev–Trinajstić information content (AvgIpc) is 2.37. The molecule has 2 rings (SSSR count). The van der Waals surface area contributed by atoms with E-state index in [2.05, 4.69) is 28.6 Å². The Morgan fingerprint density at radius 1 is 1.56 bits per heavy atom. The highest BCUT2D eigenvalue weighted by Gasteiger charge is 2.26. The highest BCUT2D eigenvalue weighted by Crippen LogP contribution is 2.25. The Balaban J connectivity index is 2.01. The van der Waals surface area contributed by atoms with E-state index in [1.54, 1.807) is 6.07 Å². The predicted octanol–water partition coefficient (Wildman–Crippen LogP) is 2.06. The summed E-state index contributed by atoms with van der Waals surface area (Å²) in [5, 5.41) is 15.7. The molecule has 0 amide bonds. The Morgan fingerprint density at radius 3 is 3.06 bits per heavy atom. The molecule has 0 saturated carbocycles. The molecule has 2 heterocycles. The van der Waals surface area contributed by atoms with Crippen LogP contribution in [0.2, 0.25) is 0 Å². The number of aryl methyl sites for hydroxylation is 1. The van der Waals surface area contributed by atoms with Crippen LogP contribution in [0, 0.1) is 23.7 Å². The quantitative estimate of drug-likeness (QED) is 0.854. The van der Waals surface area contributed by atoms with Crippen molar-refractivity contribution in [1.29, 1.82) is 5.26 Å². The van der Waals surface area contributed by atoms with Gasteiger partial charge < -0.3 is 10.6 Å². The van der Waals surface area contributed by atoms with Crippen LogP contribution in [0.4, 0.5) is 5.82 Å². The smallest absolute Gasteiger partial charge is 0.127 e. The number of hydrogen-bond donors (Lipinski definition) is 2. The van der Waals surface area contributed by atoms with Gasteiger partial charge in [-0.2, -0.15) is 5.26 Å². The first-order valence-corrected chi connectivity index (χ1v) is 6.45. The summed E-state index contributed by atoms with van der Waals surface area (Å²) in [5.41, 5.74) is 1.82. The third-order valence-electron chi connectivity index (χ3n) is 3.46. The van der Waals surface area contributed by atoms with Gasteiger partial charge in [0.15, 0.2) is 0 Å². The summed E-state index contributed by atoms with van der Waals surface area (Å²) >= 11 is 0. The summed E-state index contributed by atoms with van der Waals surface area (Å²) in [6.45, 7) is 7.25. The van der Waals surface area contributed by atoms with Gasteiger partial charge in [-0.15, -0.1) is 0 Å². The molecule has 1 aliphatic rings. The molecule has 1 fully saturated rings. The van der Waals surface area contributed by atoms with Gasteiger partial charge in [-0.05, 0) is 43.9 Å². The Labute approximate surface area is 108 Å². The monoisotopic (exact) mass is 244 g/mol. The number of aromatic nitrogens is 1. The highest BCUT2D eigenvalue weighted by atomic mass is 15.0. The van der Waals surface area contributed by atoms with Gasteiger partial charge in [0.1, 0.15) is 5.82 Å². The molecule has 1 unspecified atom stereocenters. The average molecular weight is 244 g/mol. The Kier molecular flexibility index (Phi) is 3.83. The van der Waals surface area contributed by atoms with Gasteiger partial charge in [0.05, 0.1) is 11.6 Å². The van der Waals surface area contributed by atoms with Crippen LogP contribution in [-0.2, 0) is 0 Å². The number of piperidine rings is 1. The fourth-order valence-corrected chi connectivity index (χ4v) is 2.40. The van der Waals surface area contributed by atoms with E-state index in [1.807, 2.05) is 13.0 Å². The molecule has 4 heteroatoms. The molecule has 0 aliphatic carbocycles. The van der Waals surface area contributed by atoms with Gasteiger partial charge in [0.2, 0.25) is 0 Å². The Morgan fingerprint density at radius 2 is 2.39 bits per heavy atom. The van der Waals surface area contributed by atoms with Gasteiger partial charge in [0, 0.05) is 18.8 Å². The maximum absolute atomic E-state index is 8.94. The van der Waals surface area contributed by atoms with Crippen molar-refractivity contribution >= 4 is 5.82 Å². The molecule has 1 saturated heterocycles. The normalized spacial score (nSPS) is 23.4. The first-order valence-electron chi connectivity index (χ1n) is 6.45. The summed E-state index contributed by atoms with van der Waals surface area (Å²) in [6, 6.07) is 5.78. The molecule has 18 heavy (non-hydrogen) atoms. The molecule has 96 valence electrons. The molecule has 0 aromatic carbocycles. The van der Waals surface area contributed by atoms with Crippen LogP contribution >= 0.6 is 0 Å². The second-order valence-electron chi connectivity index (χ2n) is 5.44. The zero-order chi connectivity index (χ0) is 13.0. The minimum atomic E-state index is 0.274. The van der Waals surface area contributed by atoms with Crippen LogP contribution in [0.5, 0.6) is 0 Å². The van der Waals surface area contributed by atoms with E-state index >= 15 is 0 Å². The largest absolute Gasteiger partial charge is 0.369 e. The number of hydrogen-bond acceptors (Lipinski definition) is 4. The zero-order valence-corrected chi connectivity index (χ0v) is 11.1. The molecule has 1 aromatic heterocycles. The summed E-state index contributed by atoms with van der Waals surface area (Å²) in [4.78, 5) is 4.41. The van der Waals surface area contributed by atoms with E-state index in [0.717, 1.165) is 31.1 Å². The van der Waals surface area contributed by atoms with Crippen molar-refractivity contribution < 1.29 is 0 Å². The van der Waals surface area contributed by atoms with E-state index in [1.165, 1.54) is 12.8 Å². The molecule has 1 aromatic rings. The molecular weight excluding hydrogens is 224 g/mol. The summed E-state index contributed by atoms with van der Waals surface area (Å²) in [6.07, 6.45) is 2.45. The van der Waals surface area contributed by atoms with E-state index in [9.17, 15) is 0 Å². The van der Waals surface area contributed by atoms with Crippen molar-refractivity contribution in [2.24, 2.45) is 5.41 Å². The minimum Gasteiger partial charge on any atom is -0.369 e.